The number of nitro groups is 1. The molecule has 0 saturated carbocycles. The van der Waals surface area contributed by atoms with Crippen molar-refractivity contribution in [3.8, 4) is 0 Å². The predicted molar refractivity (Wildman–Crippen MR) is 60.8 cm³/mol. The van der Waals surface area contributed by atoms with Gasteiger partial charge in [-0.2, -0.15) is 0 Å². The van der Waals surface area contributed by atoms with Crippen LogP contribution in [0.25, 0.3) is 6.08 Å². The summed E-state index contributed by atoms with van der Waals surface area (Å²) in [4.78, 5) is 10.3. The number of rotatable bonds is 4. The second kappa shape index (κ2) is 5.26. The normalized spacial score (nSPS) is 10.8. The molecule has 0 aliphatic carbocycles. The minimum absolute atomic E-state index is 0.168. The molecule has 1 aromatic carbocycles. The molecular formula is C11H14N2O2. The first-order valence-electron chi connectivity index (χ1n) is 4.72. The molecule has 0 aliphatic rings. The minimum atomic E-state index is -0.356. The first-order chi connectivity index (χ1) is 7.16. The average molecular weight is 206 g/mol. The third-order valence-electron chi connectivity index (χ3n) is 2.16. The number of hydrogen-bond donors (Lipinski definition) is 1. The van der Waals surface area contributed by atoms with Crippen molar-refractivity contribution in [3.05, 3.63) is 45.5 Å². The Hall–Kier alpha value is -1.68. The molecule has 1 N–H and O–H groups in total. The van der Waals surface area contributed by atoms with Crippen LogP contribution in [0.3, 0.4) is 0 Å². The molecule has 1 aromatic rings. The second-order valence-corrected chi connectivity index (χ2v) is 3.21. The summed E-state index contributed by atoms with van der Waals surface area (Å²) < 4.78 is 0. The Kier molecular flexibility index (Phi) is 4.00. The zero-order chi connectivity index (χ0) is 11.3. The van der Waals surface area contributed by atoms with E-state index in [1.54, 1.807) is 13.0 Å². The van der Waals surface area contributed by atoms with Gasteiger partial charge >= 0.3 is 0 Å². The Labute approximate surface area is 88.8 Å². The fourth-order valence-electron chi connectivity index (χ4n) is 1.32. The predicted octanol–water partition coefficient (Wildman–Crippen LogP) is 2.14. The Morgan fingerprint density at radius 2 is 2.27 bits per heavy atom. The lowest BCUT2D eigenvalue weighted by Crippen LogP contribution is -2.03. The van der Waals surface area contributed by atoms with Crippen molar-refractivity contribution >= 4 is 11.8 Å². The van der Waals surface area contributed by atoms with Crippen LogP contribution >= 0.6 is 0 Å². The molecule has 0 aromatic heterocycles. The van der Waals surface area contributed by atoms with Gasteiger partial charge in [-0.25, -0.2) is 0 Å². The van der Waals surface area contributed by atoms with E-state index in [0.29, 0.717) is 5.56 Å². The quantitative estimate of drug-likeness (QED) is 0.606. The average Bonchev–Trinajstić information content (AvgIpc) is 2.20. The van der Waals surface area contributed by atoms with Crippen LogP contribution in [0.1, 0.15) is 11.1 Å². The number of nitrogens with zero attached hydrogens (tertiary/aromatic N) is 1. The van der Waals surface area contributed by atoms with Gasteiger partial charge in [-0.3, -0.25) is 10.1 Å². The zero-order valence-electron chi connectivity index (χ0n) is 8.86. The van der Waals surface area contributed by atoms with Gasteiger partial charge in [0.05, 0.1) is 4.92 Å². The van der Waals surface area contributed by atoms with Gasteiger partial charge in [0.15, 0.2) is 0 Å². The van der Waals surface area contributed by atoms with Crippen LogP contribution in [-0.2, 0) is 0 Å². The van der Waals surface area contributed by atoms with Crippen molar-refractivity contribution in [2.75, 3.05) is 13.6 Å². The van der Waals surface area contributed by atoms with Crippen LogP contribution < -0.4 is 5.32 Å². The second-order valence-electron chi connectivity index (χ2n) is 3.21. The summed E-state index contributed by atoms with van der Waals surface area (Å²) in [6.45, 7) is 2.51. The van der Waals surface area contributed by atoms with E-state index in [4.69, 9.17) is 0 Å². The Bertz CT molecular complexity index is 386. The van der Waals surface area contributed by atoms with E-state index in [1.165, 1.54) is 6.07 Å². The van der Waals surface area contributed by atoms with Gasteiger partial charge < -0.3 is 5.32 Å². The molecule has 1 rings (SSSR count). The highest BCUT2D eigenvalue weighted by molar-refractivity contribution is 5.59. The number of likely N-dealkylation sites (N-methyl/N-ethyl adjacent to an activating group) is 1. The third kappa shape index (κ3) is 2.89. The van der Waals surface area contributed by atoms with Crippen molar-refractivity contribution < 1.29 is 4.92 Å². The molecule has 0 heterocycles. The molecule has 0 atom stereocenters. The maximum atomic E-state index is 10.7. The highest BCUT2D eigenvalue weighted by atomic mass is 16.6. The van der Waals surface area contributed by atoms with Gasteiger partial charge in [-0.1, -0.05) is 24.3 Å². The Morgan fingerprint density at radius 3 is 2.87 bits per heavy atom. The minimum Gasteiger partial charge on any atom is -0.316 e. The molecule has 4 heteroatoms. The van der Waals surface area contributed by atoms with Crippen LogP contribution in [0.5, 0.6) is 0 Å². The summed E-state index contributed by atoms with van der Waals surface area (Å²) in [6, 6.07) is 5.09. The maximum absolute atomic E-state index is 10.7. The Morgan fingerprint density at radius 1 is 1.53 bits per heavy atom. The summed E-state index contributed by atoms with van der Waals surface area (Å²) in [5, 5.41) is 13.6. The zero-order valence-corrected chi connectivity index (χ0v) is 8.86. The van der Waals surface area contributed by atoms with Crippen LogP contribution in [0, 0.1) is 17.0 Å². The molecule has 0 spiro atoms. The SMILES string of the molecule is CNCC=Cc1cccc([N+](=O)[O-])c1C. The number of hydrogen-bond acceptors (Lipinski definition) is 3. The fraction of sp³-hybridized carbons (Fsp3) is 0.273. The summed E-state index contributed by atoms with van der Waals surface area (Å²) >= 11 is 0. The van der Waals surface area contributed by atoms with Crippen molar-refractivity contribution in [2.24, 2.45) is 0 Å². The van der Waals surface area contributed by atoms with E-state index in [1.807, 2.05) is 25.3 Å². The highest BCUT2D eigenvalue weighted by Gasteiger charge is 2.10. The summed E-state index contributed by atoms with van der Waals surface area (Å²) in [7, 11) is 1.85. The molecule has 4 nitrogen and oxygen atoms in total. The van der Waals surface area contributed by atoms with E-state index < -0.39 is 0 Å². The fourth-order valence-corrected chi connectivity index (χ4v) is 1.32. The van der Waals surface area contributed by atoms with E-state index in [2.05, 4.69) is 5.32 Å². The molecule has 0 saturated heterocycles. The number of benzene rings is 1. The van der Waals surface area contributed by atoms with Crippen LogP contribution in [0.4, 0.5) is 5.69 Å². The molecule has 0 radical (unpaired) electrons. The van der Waals surface area contributed by atoms with Crippen LogP contribution in [0.2, 0.25) is 0 Å². The molecule has 0 amide bonds. The maximum Gasteiger partial charge on any atom is 0.272 e. The molecule has 80 valence electrons. The number of nitro benzene ring substituents is 1. The molecular weight excluding hydrogens is 192 g/mol. The lowest BCUT2D eigenvalue weighted by molar-refractivity contribution is -0.385. The first-order valence-corrected chi connectivity index (χ1v) is 4.72. The van der Waals surface area contributed by atoms with Crippen molar-refractivity contribution in [1.82, 2.24) is 5.32 Å². The smallest absolute Gasteiger partial charge is 0.272 e. The van der Waals surface area contributed by atoms with Crippen LogP contribution in [0.15, 0.2) is 24.3 Å². The molecule has 0 fully saturated rings. The highest BCUT2D eigenvalue weighted by Crippen LogP contribution is 2.21. The van der Waals surface area contributed by atoms with Gasteiger partial charge in [-0.05, 0) is 19.5 Å². The van der Waals surface area contributed by atoms with E-state index in [-0.39, 0.29) is 10.6 Å². The first kappa shape index (κ1) is 11.4. The lowest BCUT2D eigenvalue weighted by atomic mass is 10.1. The van der Waals surface area contributed by atoms with Gasteiger partial charge in [0.1, 0.15) is 0 Å². The topological polar surface area (TPSA) is 55.2 Å². The monoisotopic (exact) mass is 206 g/mol. The third-order valence-corrected chi connectivity index (χ3v) is 2.16. The largest absolute Gasteiger partial charge is 0.316 e. The van der Waals surface area contributed by atoms with Crippen molar-refractivity contribution in [1.29, 1.82) is 0 Å². The van der Waals surface area contributed by atoms with Gasteiger partial charge in [0, 0.05) is 18.2 Å². The summed E-state index contributed by atoms with van der Waals surface area (Å²) in [6.07, 6.45) is 3.82. The molecule has 0 aliphatic heterocycles. The van der Waals surface area contributed by atoms with Crippen LogP contribution in [-0.4, -0.2) is 18.5 Å². The summed E-state index contributed by atoms with van der Waals surface area (Å²) in [5.74, 6) is 0. The lowest BCUT2D eigenvalue weighted by Gasteiger charge is -2.01. The van der Waals surface area contributed by atoms with E-state index in [9.17, 15) is 10.1 Å². The van der Waals surface area contributed by atoms with Crippen molar-refractivity contribution in [2.45, 2.75) is 6.92 Å². The van der Waals surface area contributed by atoms with Gasteiger partial charge in [0.2, 0.25) is 0 Å². The van der Waals surface area contributed by atoms with Gasteiger partial charge in [-0.15, -0.1) is 0 Å². The molecule has 0 unspecified atom stereocenters. The van der Waals surface area contributed by atoms with E-state index >= 15 is 0 Å². The van der Waals surface area contributed by atoms with Gasteiger partial charge in [0.25, 0.3) is 5.69 Å². The number of nitrogens with one attached hydrogen (secondary N) is 1. The van der Waals surface area contributed by atoms with E-state index in [0.717, 1.165) is 12.1 Å². The summed E-state index contributed by atoms with van der Waals surface area (Å²) in [5.41, 5.74) is 1.76. The Balaban J connectivity index is 2.99. The van der Waals surface area contributed by atoms with Crippen molar-refractivity contribution in [3.63, 3.8) is 0 Å². The molecule has 15 heavy (non-hydrogen) atoms. The standard InChI is InChI=1S/C11H14N2O2/c1-9-10(6-4-8-12-2)5-3-7-11(9)13(14)15/h3-7,12H,8H2,1-2H3. The molecule has 0 bridgehead atoms.